The van der Waals surface area contributed by atoms with Gasteiger partial charge in [0.05, 0.1) is 10.6 Å². The number of rotatable bonds is 3. The first kappa shape index (κ1) is 16.0. The Morgan fingerprint density at radius 3 is 2.19 bits per heavy atom. The van der Waals surface area contributed by atoms with E-state index in [9.17, 15) is 13.2 Å². The summed E-state index contributed by atoms with van der Waals surface area (Å²) in [6.07, 6.45) is -4.47. The highest BCUT2D eigenvalue weighted by Crippen LogP contribution is 2.36. The summed E-state index contributed by atoms with van der Waals surface area (Å²) in [6, 6.07) is 10.7. The molecule has 0 spiro atoms. The second kappa shape index (κ2) is 6.16. The van der Waals surface area contributed by atoms with Crippen LogP contribution < -0.4 is 5.32 Å². The largest absolute Gasteiger partial charge is 0.417 e. The lowest BCUT2D eigenvalue weighted by Gasteiger charge is -2.17. The van der Waals surface area contributed by atoms with E-state index < -0.39 is 11.7 Å². The van der Waals surface area contributed by atoms with Gasteiger partial charge in [-0.25, -0.2) is 0 Å². The van der Waals surface area contributed by atoms with Gasteiger partial charge in [0.2, 0.25) is 0 Å². The number of benzene rings is 2. The van der Waals surface area contributed by atoms with Crippen molar-refractivity contribution in [3.8, 4) is 0 Å². The quantitative estimate of drug-likeness (QED) is 0.706. The summed E-state index contributed by atoms with van der Waals surface area (Å²) in [6.45, 7) is 1.85. The Kier molecular flexibility index (Phi) is 4.69. The minimum atomic E-state index is -4.47. The first-order valence-corrected chi connectivity index (χ1v) is 6.91. The third-order valence-corrected chi connectivity index (χ3v) is 3.61. The van der Waals surface area contributed by atoms with Gasteiger partial charge < -0.3 is 5.32 Å². The van der Waals surface area contributed by atoms with E-state index in [0.717, 1.165) is 11.6 Å². The summed E-state index contributed by atoms with van der Waals surface area (Å²) < 4.78 is 38.4. The third kappa shape index (κ3) is 4.05. The summed E-state index contributed by atoms with van der Waals surface area (Å²) in [5.74, 6) is 0. The zero-order valence-corrected chi connectivity index (χ0v) is 12.5. The van der Waals surface area contributed by atoms with E-state index in [0.29, 0.717) is 10.7 Å². The van der Waals surface area contributed by atoms with Gasteiger partial charge in [-0.2, -0.15) is 13.2 Å². The Morgan fingerprint density at radius 2 is 1.62 bits per heavy atom. The van der Waals surface area contributed by atoms with Crippen molar-refractivity contribution in [2.24, 2.45) is 0 Å². The predicted molar refractivity (Wildman–Crippen MR) is 79.9 cm³/mol. The average Bonchev–Trinajstić information content (AvgIpc) is 2.40. The number of nitrogens with one attached hydrogen (secondary N) is 1. The molecular weight excluding hydrogens is 322 g/mol. The van der Waals surface area contributed by atoms with Gasteiger partial charge in [0, 0.05) is 16.8 Å². The van der Waals surface area contributed by atoms with E-state index in [1.165, 1.54) is 12.1 Å². The molecule has 6 heteroatoms. The zero-order valence-electron chi connectivity index (χ0n) is 11.0. The Morgan fingerprint density at radius 1 is 1.00 bits per heavy atom. The van der Waals surface area contributed by atoms with Crippen LogP contribution in [0.4, 0.5) is 18.9 Å². The van der Waals surface area contributed by atoms with E-state index in [1.54, 1.807) is 12.1 Å². The summed E-state index contributed by atoms with van der Waals surface area (Å²) in [7, 11) is 0. The molecule has 0 aliphatic rings. The minimum absolute atomic E-state index is 0.162. The topological polar surface area (TPSA) is 12.0 Å². The molecule has 1 atom stereocenters. The minimum Gasteiger partial charge on any atom is -0.379 e. The summed E-state index contributed by atoms with van der Waals surface area (Å²) in [5.41, 5.74) is 0.426. The van der Waals surface area contributed by atoms with Gasteiger partial charge in [-0.15, -0.1) is 0 Å². The van der Waals surface area contributed by atoms with E-state index in [-0.39, 0.29) is 11.1 Å². The van der Waals surface area contributed by atoms with Crippen LogP contribution in [0, 0.1) is 0 Å². The van der Waals surface area contributed by atoms with Crippen LogP contribution in [0.2, 0.25) is 10.0 Å². The fourth-order valence-electron chi connectivity index (χ4n) is 1.92. The van der Waals surface area contributed by atoms with Crippen LogP contribution in [0.15, 0.2) is 42.5 Å². The molecule has 2 aromatic rings. The molecule has 0 aliphatic heterocycles. The van der Waals surface area contributed by atoms with Crippen LogP contribution in [0.1, 0.15) is 24.1 Å². The van der Waals surface area contributed by atoms with Crippen molar-refractivity contribution >= 4 is 28.9 Å². The van der Waals surface area contributed by atoms with Gasteiger partial charge in [0.1, 0.15) is 0 Å². The standard InChI is InChI=1S/C15H12Cl2F3N/c1-9(10-2-4-11(16)5-3-10)21-12-6-7-14(17)13(8-12)15(18,19)20/h2-9,21H,1H3. The lowest BCUT2D eigenvalue weighted by atomic mass is 10.1. The van der Waals surface area contributed by atoms with Crippen LogP contribution in [-0.4, -0.2) is 0 Å². The Labute approximate surface area is 130 Å². The molecular formula is C15H12Cl2F3N. The molecule has 0 bridgehead atoms. The molecule has 0 heterocycles. The van der Waals surface area contributed by atoms with Crippen LogP contribution >= 0.6 is 23.2 Å². The van der Waals surface area contributed by atoms with Gasteiger partial charge >= 0.3 is 6.18 Å². The normalized spacial score (nSPS) is 13.0. The molecule has 0 fully saturated rings. The van der Waals surface area contributed by atoms with Crippen molar-refractivity contribution in [3.63, 3.8) is 0 Å². The molecule has 0 aromatic heterocycles. The molecule has 112 valence electrons. The number of alkyl halides is 3. The van der Waals surface area contributed by atoms with E-state index >= 15 is 0 Å². The van der Waals surface area contributed by atoms with Gasteiger partial charge in [0.25, 0.3) is 0 Å². The number of halogens is 5. The second-order valence-corrected chi connectivity index (χ2v) is 5.45. The molecule has 0 radical (unpaired) electrons. The predicted octanol–water partition coefficient (Wildman–Crippen LogP) is 6.19. The molecule has 21 heavy (non-hydrogen) atoms. The van der Waals surface area contributed by atoms with Crippen LogP contribution in [-0.2, 0) is 6.18 Å². The third-order valence-electron chi connectivity index (χ3n) is 3.02. The molecule has 0 amide bonds. The highest BCUT2D eigenvalue weighted by atomic mass is 35.5. The van der Waals surface area contributed by atoms with E-state index in [4.69, 9.17) is 23.2 Å². The summed E-state index contributed by atoms with van der Waals surface area (Å²) >= 11 is 11.4. The van der Waals surface area contributed by atoms with Gasteiger partial charge in [0.15, 0.2) is 0 Å². The van der Waals surface area contributed by atoms with Crippen molar-refractivity contribution in [3.05, 3.63) is 63.6 Å². The van der Waals surface area contributed by atoms with Crippen LogP contribution in [0.3, 0.4) is 0 Å². The number of hydrogen-bond donors (Lipinski definition) is 1. The van der Waals surface area contributed by atoms with Crippen molar-refractivity contribution in [1.29, 1.82) is 0 Å². The lowest BCUT2D eigenvalue weighted by molar-refractivity contribution is -0.137. The molecule has 1 N–H and O–H groups in total. The van der Waals surface area contributed by atoms with Gasteiger partial charge in [-0.05, 0) is 42.8 Å². The molecule has 0 aliphatic carbocycles. The maximum Gasteiger partial charge on any atom is 0.417 e. The maximum atomic E-state index is 12.8. The van der Waals surface area contributed by atoms with Crippen molar-refractivity contribution in [2.75, 3.05) is 5.32 Å². The lowest BCUT2D eigenvalue weighted by Crippen LogP contribution is -2.10. The molecule has 0 saturated heterocycles. The van der Waals surface area contributed by atoms with E-state index in [2.05, 4.69) is 5.32 Å². The molecule has 1 nitrogen and oxygen atoms in total. The number of anilines is 1. The zero-order chi connectivity index (χ0) is 15.6. The first-order chi connectivity index (χ1) is 9.77. The number of hydrogen-bond acceptors (Lipinski definition) is 1. The Balaban J connectivity index is 2.21. The fourth-order valence-corrected chi connectivity index (χ4v) is 2.27. The maximum absolute atomic E-state index is 12.8. The Bertz CT molecular complexity index is 624. The van der Waals surface area contributed by atoms with Gasteiger partial charge in [-0.1, -0.05) is 35.3 Å². The van der Waals surface area contributed by atoms with Crippen molar-refractivity contribution in [1.82, 2.24) is 0 Å². The fraction of sp³-hybridized carbons (Fsp3) is 0.200. The summed E-state index contributed by atoms with van der Waals surface area (Å²) in [5, 5.41) is 3.31. The summed E-state index contributed by atoms with van der Waals surface area (Å²) in [4.78, 5) is 0. The van der Waals surface area contributed by atoms with Crippen molar-refractivity contribution in [2.45, 2.75) is 19.1 Å². The van der Waals surface area contributed by atoms with Crippen LogP contribution in [0.25, 0.3) is 0 Å². The van der Waals surface area contributed by atoms with Crippen molar-refractivity contribution < 1.29 is 13.2 Å². The molecule has 1 unspecified atom stereocenters. The van der Waals surface area contributed by atoms with E-state index in [1.807, 2.05) is 19.1 Å². The Hall–Kier alpha value is -1.39. The molecule has 2 rings (SSSR count). The monoisotopic (exact) mass is 333 g/mol. The molecule has 0 saturated carbocycles. The smallest absolute Gasteiger partial charge is 0.379 e. The highest BCUT2D eigenvalue weighted by molar-refractivity contribution is 6.31. The first-order valence-electron chi connectivity index (χ1n) is 6.16. The highest BCUT2D eigenvalue weighted by Gasteiger charge is 2.33. The SMILES string of the molecule is CC(Nc1ccc(Cl)c(C(F)(F)F)c1)c1ccc(Cl)cc1. The van der Waals surface area contributed by atoms with Crippen LogP contribution in [0.5, 0.6) is 0 Å². The molecule has 2 aromatic carbocycles. The second-order valence-electron chi connectivity index (χ2n) is 4.61. The van der Waals surface area contributed by atoms with Gasteiger partial charge in [-0.3, -0.25) is 0 Å². The average molecular weight is 334 g/mol.